The SMILES string of the molecule is CC[C@@H](C)N(C)CN. The van der Waals surface area contributed by atoms with Crippen LogP contribution in [-0.4, -0.2) is 24.7 Å². The van der Waals surface area contributed by atoms with Gasteiger partial charge in [0.25, 0.3) is 0 Å². The van der Waals surface area contributed by atoms with Gasteiger partial charge in [-0.2, -0.15) is 0 Å². The van der Waals surface area contributed by atoms with Gasteiger partial charge in [-0.15, -0.1) is 0 Å². The van der Waals surface area contributed by atoms with Crippen molar-refractivity contribution in [3.8, 4) is 0 Å². The highest BCUT2D eigenvalue weighted by Gasteiger charge is 2.01. The molecule has 0 aliphatic heterocycles. The van der Waals surface area contributed by atoms with Gasteiger partial charge in [0.05, 0.1) is 0 Å². The van der Waals surface area contributed by atoms with E-state index in [9.17, 15) is 0 Å². The molecule has 8 heavy (non-hydrogen) atoms. The zero-order valence-corrected chi connectivity index (χ0v) is 6.02. The number of rotatable bonds is 3. The van der Waals surface area contributed by atoms with Crippen molar-refractivity contribution in [2.45, 2.75) is 26.3 Å². The Morgan fingerprint density at radius 1 is 1.62 bits per heavy atom. The van der Waals surface area contributed by atoms with Gasteiger partial charge in [0, 0.05) is 12.7 Å². The molecule has 0 rings (SSSR count). The first-order valence-electron chi connectivity index (χ1n) is 3.12. The fourth-order valence-electron chi connectivity index (χ4n) is 0.492. The normalized spacial score (nSPS) is 14.6. The third-order valence-electron chi connectivity index (χ3n) is 1.63. The minimum Gasteiger partial charge on any atom is -0.318 e. The van der Waals surface area contributed by atoms with Gasteiger partial charge < -0.3 is 5.73 Å². The standard InChI is InChI=1S/C6H16N2/c1-4-6(2)8(3)5-7/h6H,4-5,7H2,1-3H3/t6-/m1/s1. The summed E-state index contributed by atoms with van der Waals surface area (Å²) in [4.78, 5) is 2.12. The van der Waals surface area contributed by atoms with Crippen LogP contribution in [0.25, 0.3) is 0 Å². The van der Waals surface area contributed by atoms with E-state index >= 15 is 0 Å². The van der Waals surface area contributed by atoms with Gasteiger partial charge in [-0.05, 0) is 20.4 Å². The summed E-state index contributed by atoms with van der Waals surface area (Å²) in [5.41, 5.74) is 5.37. The molecule has 0 fully saturated rings. The van der Waals surface area contributed by atoms with Crippen molar-refractivity contribution in [1.82, 2.24) is 4.90 Å². The molecule has 0 saturated heterocycles. The summed E-state index contributed by atoms with van der Waals surface area (Å²) in [6, 6.07) is 0.625. The maximum atomic E-state index is 5.37. The summed E-state index contributed by atoms with van der Waals surface area (Å²) in [7, 11) is 2.04. The Morgan fingerprint density at radius 3 is 2.25 bits per heavy atom. The van der Waals surface area contributed by atoms with Crippen molar-refractivity contribution in [3.63, 3.8) is 0 Å². The zero-order chi connectivity index (χ0) is 6.57. The minimum atomic E-state index is 0.625. The van der Waals surface area contributed by atoms with Crippen molar-refractivity contribution < 1.29 is 0 Å². The monoisotopic (exact) mass is 116 g/mol. The summed E-state index contributed by atoms with van der Waals surface area (Å²) >= 11 is 0. The van der Waals surface area contributed by atoms with Crippen LogP contribution in [0.2, 0.25) is 0 Å². The lowest BCUT2D eigenvalue weighted by atomic mass is 10.2. The highest BCUT2D eigenvalue weighted by molar-refractivity contribution is 4.56. The summed E-state index contributed by atoms with van der Waals surface area (Å²) < 4.78 is 0. The summed E-state index contributed by atoms with van der Waals surface area (Å²) in [5.74, 6) is 0. The zero-order valence-electron chi connectivity index (χ0n) is 6.02. The van der Waals surface area contributed by atoms with E-state index in [1.54, 1.807) is 0 Å². The molecule has 2 N–H and O–H groups in total. The van der Waals surface area contributed by atoms with Crippen LogP contribution in [0.4, 0.5) is 0 Å². The van der Waals surface area contributed by atoms with Crippen molar-refractivity contribution in [2.24, 2.45) is 5.73 Å². The molecule has 0 unspecified atom stereocenters. The lowest BCUT2D eigenvalue weighted by Gasteiger charge is -2.20. The predicted octanol–water partition coefficient (Wildman–Crippen LogP) is 0.633. The van der Waals surface area contributed by atoms with Crippen molar-refractivity contribution >= 4 is 0 Å². The second kappa shape index (κ2) is 3.87. The Morgan fingerprint density at radius 2 is 2.12 bits per heavy atom. The number of nitrogens with two attached hydrogens (primary N) is 1. The molecule has 0 aliphatic carbocycles. The highest BCUT2D eigenvalue weighted by atomic mass is 15.2. The first-order chi connectivity index (χ1) is 3.72. The molecule has 0 bridgehead atoms. The number of nitrogens with zero attached hydrogens (tertiary/aromatic N) is 1. The van der Waals surface area contributed by atoms with Crippen LogP contribution in [0.15, 0.2) is 0 Å². The van der Waals surface area contributed by atoms with Crippen LogP contribution in [0.5, 0.6) is 0 Å². The molecule has 0 spiro atoms. The predicted molar refractivity (Wildman–Crippen MR) is 36.6 cm³/mol. The second-order valence-corrected chi connectivity index (χ2v) is 2.20. The van der Waals surface area contributed by atoms with E-state index in [0.29, 0.717) is 12.7 Å². The molecule has 1 atom stereocenters. The van der Waals surface area contributed by atoms with E-state index < -0.39 is 0 Å². The fourth-order valence-corrected chi connectivity index (χ4v) is 0.492. The van der Waals surface area contributed by atoms with Crippen LogP contribution in [-0.2, 0) is 0 Å². The maximum absolute atomic E-state index is 5.37. The molecule has 0 radical (unpaired) electrons. The third kappa shape index (κ3) is 2.28. The minimum absolute atomic E-state index is 0.625. The third-order valence-corrected chi connectivity index (χ3v) is 1.63. The Bertz CT molecular complexity index is 46.5. The Balaban J connectivity index is 3.29. The van der Waals surface area contributed by atoms with Crippen molar-refractivity contribution in [2.75, 3.05) is 13.7 Å². The number of hydrogen-bond acceptors (Lipinski definition) is 2. The maximum Gasteiger partial charge on any atom is 0.0454 e. The molecule has 0 heterocycles. The van der Waals surface area contributed by atoms with Crippen LogP contribution < -0.4 is 5.73 Å². The largest absolute Gasteiger partial charge is 0.318 e. The summed E-state index contributed by atoms with van der Waals surface area (Å²) in [5, 5.41) is 0. The molecule has 0 aromatic rings. The molecule has 0 aliphatic rings. The van der Waals surface area contributed by atoms with Gasteiger partial charge in [0.2, 0.25) is 0 Å². The summed E-state index contributed by atoms with van der Waals surface area (Å²) in [6.07, 6.45) is 1.17. The van der Waals surface area contributed by atoms with E-state index in [1.165, 1.54) is 6.42 Å². The van der Waals surface area contributed by atoms with Crippen LogP contribution in [0, 0.1) is 0 Å². The lowest BCUT2D eigenvalue weighted by molar-refractivity contribution is 0.259. The quantitative estimate of drug-likeness (QED) is 0.548. The van der Waals surface area contributed by atoms with Gasteiger partial charge in [0.15, 0.2) is 0 Å². The molecule has 0 aromatic heterocycles. The molecule has 2 nitrogen and oxygen atoms in total. The van der Waals surface area contributed by atoms with Gasteiger partial charge in [-0.25, -0.2) is 0 Å². The average molecular weight is 116 g/mol. The Kier molecular flexibility index (Phi) is 3.83. The van der Waals surface area contributed by atoms with Crippen LogP contribution in [0.1, 0.15) is 20.3 Å². The van der Waals surface area contributed by atoms with Crippen molar-refractivity contribution in [1.29, 1.82) is 0 Å². The fraction of sp³-hybridized carbons (Fsp3) is 1.00. The topological polar surface area (TPSA) is 29.3 Å². The van der Waals surface area contributed by atoms with Crippen LogP contribution >= 0.6 is 0 Å². The van der Waals surface area contributed by atoms with Gasteiger partial charge >= 0.3 is 0 Å². The van der Waals surface area contributed by atoms with Gasteiger partial charge in [-0.3, -0.25) is 4.90 Å². The highest BCUT2D eigenvalue weighted by Crippen LogP contribution is 1.95. The van der Waals surface area contributed by atoms with E-state index in [4.69, 9.17) is 5.73 Å². The van der Waals surface area contributed by atoms with E-state index in [-0.39, 0.29) is 0 Å². The van der Waals surface area contributed by atoms with E-state index in [2.05, 4.69) is 18.7 Å². The average Bonchev–Trinajstić information content (AvgIpc) is 1.84. The van der Waals surface area contributed by atoms with Crippen molar-refractivity contribution in [3.05, 3.63) is 0 Å². The molecule has 0 aromatic carbocycles. The van der Waals surface area contributed by atoms with Gasteiger partial charge in [-0.1, -0.05) is 6.92 Å². The van der Waals surface area contributed by atoms with Crippen LogP contribution in [0.3, 0.4) is 0 Å². The molecule has 0 saturated carbocycles. The first kappa shape index (κ1) is 7.92. The summed E-state index contributed by atoms with van der Waals surface area (Å²) in [6.45, 7) is 5.00. The molecular weight excluding hydrogens is 100 g/mol. The Labute approximate surface area is 51.7 Å². The first-order valence-corrected chi connectivity index (χ1v) is 3.12. The number of hydrogen-bond donors (Lipinski definition) is 1. The van der Waals surface area contributed by atoms with Gasteiger partial charge in [0.1, 0.15) is 0 Å². The van der Waals surface area contributed by atoms with E-state index in [0.717, 1.165) is 0 Å². The Hall–Kier alpha value is -0.0800. The molecule has 50 valence electrons. The molecule has 0 amide bonds. The molecular formula is C6H16N2. The lowest BCUT2D eigenvalue weighted by Crippen LogP contribution is -2.33. The smallest absolute Gasteiger partial charge is 0.0454 e. The van der Waals surface area contributed by atoms with E-state index in [1.807, 2.05) is 7.05 Å². The molecule has 2 heteroatoms. The second-order valence-electron chi connectivity index (χ2n) is 2.20.